The Morgan fingerprint density at radius 1 is 1.21 bits per heavy atom. The molecule has 144 valence electrons. The summed E-state index contributed by atoms with van der Waals surface area (Å²) >= 11 is 0. The Hall–Kier alpha value is -0.740. The van der Waals surface area contributed by atoms with Crippen LogP contribution in [0.15, 0.2) is 4.99 Å². The average Bonchev–Trinajstić information content (AvgIpc) is 2.40. The molecule has 0 aliphatic heterocycles. The molecule has 0 spiro atoms. The molecule has 0 rings (SSSR count). The number of aliphatic imine (C=N–C) groups is 1. The van der Waals surface area contributed by atoms with Crippen molar-refractivity contribution in [2.75, 3.05) is 27.2 Å². The molecule has 0 aromatic carbocycles. The molecule has 24 heavy (non-hydrogen) atoms. The monoisotopic (exact) mass is 466 g/mol. The fourth-order valence-electron chi connectivity index (χ4n) is 1.98. The summed E-state index contributed by atoms with van der Waals surface area (Å²) < 4.78 is 36.7. The van der Waals surface area contributed by atoms with Crippen molar-refractivity contribution in [1.29, 1.82) is 0 Å². The lowest BCUT2D eigenvalue weighted by molar-refractivity contribution is -0.157. The molecule has 1 atom stereocenters. The van der Waals surface area contributed by atoms with Crippen LogP contribution in [0.1, 0.15) is 40.0 Å². The normalized spacial score (nSPS) is 13.3. The third-order valence-electron chi connectivity index (χ3n) is 3.27. The summed E-state index contributed by atoms with van der Waals surface area (Å²) in [5.74, 6) is 0.426. The fourth-order valence-corrected chi connectivity index (χ4v) is 1.98. The number of hydrogen-bond acceptors (Lipinski definition) is 2. The van der Waals surface area contributed by atoms with Crippen LogP contribution in [-0.2, 0) is 4.79 Å². The fraction of sp³-hybridized carbons (Fsp3) is 0.867. The van der Waals surface area contributed by atoms with E-state index in [1.54, 1.807) is 7.05 Å². The average molecular weight is 466 g/mol. The van der Waals surface area contributed by atoms with Crippen molar-refractivity contribution in [1.82, 2.24) is 15.5 Å². The van der Waals surface area contributed by atoms with Crippen molar-refractivity contribution in [2.24, 2.45) is 10.9 Å². The second-order valence-corrected chi connectivity index (χ2v) is 6.16. The highest BCUT2D eigenvalue weighted by Crippen LogP contribution is 2.15. The predicted octanol–water partition coefficient (Wildman–Crippen LogP) is 3.00. The van der Waals surface area contributed by atoms with Gasteiger partial charge in [0, 0.05) is 20.1 Å². The van der Waals surface area contributed by atoms with E-state index in [4.69, 9.17) is 0 Å². The molecule has 0 saturated carbocycles. The second-order valence-electron chi connectivity index (χ2n) is 6.16. The summed E-state index contributed by atoms with van der Waals surface area (Å²) in [6.07, 6.45) is -1.22. The lowest BCUT2D eigenvalue weighted by Gasteiger charge is -2.21. The van der Waals surface area contributed by atoms with Gasteiger partial charge >= 0.3 is 6.18 Å². The third kappa shape index (κ3) is 13.7. The first-order valence-corrected chi connectivity index (χ1v) is 7.83. The minimum absolute atomic E-state index is 0. The van der Waals surface area contributed by atoms with E-state index in [-0.39, 0.29) is 36.6 Å². The molecule has 0 aliphatic rings. The molecule has 9 heteroatoms. The molecule has 0 fully saturated rings. The minimum Gasteiger partial charge on any atom is -0.354 e. The van der Waals surface area contributed by atoms with Crippen LogP contribution in [0.2, 0.25) is 0 Å². The third-order valence-corrected chi connectivity index (χ3v) is 3.27. The van der Waals surface area contributed by atoms with E-state index in [0.717, 1.165) is 26.3 Å². The quantitative estimate of drug-likeness (QED) is 0.329. The molecule has 0 aliphatic carbocycles. The Labute approximate surface area is 159 Å². The molecule has 1 amide bonds. The van der Waals surface area contributed by atoms with Crippen LogP contribution < -0.4 is 10.6 Å². The SMILES string of the molecule is CN=C(NCC(=O)N(C)CC(F)(F)F)NC(C)CCCC(C)C.I. The maximum atomic E-state index is 12.2. The Kier molecular flexibility index (Phi) is 13.4. The van der Waals surface area contributed by atoms with Gasteiger partial charge < -0.3 is 15.5 Å². The van der Waals surface area contributed by atoms with Crippen LogP contribution in [0.4, 0.5) is 13.2 Å². The van der Waals surface area contributed by atoms with Crippen LogP contribution in [0.25, 0.3) is 0 Å². The zero-order valence-electron chi connectivity index (χ0n) is 15.0. The van der Waals surface area contributed by atoms with Crippen molar-refractivity contribution in [3.05, 3.63) is 0 Å². The molecule has 0 radical (unpaired) electrons. The van der Waals surface area contributed by atoms with E-state index in [0.29, 0.717) is 16.8 Å². The minimum atomic E-state index is -4.39. The Morgan fingerprint density at radius 3 is 2.25 bits per heavy atom. The largest absolute Gasteiger partial charge is 0.406 e. The second kappa shape index (κ2) is 12.6. The number of likely N-dealkylation sites (N-methyl/N-ethyl adjacent to an activating group) is 1. The number of nitrogens with one attached hydrogen (secondary N) is 2. The van der Waals surface area contributed by atoms with Gasteiger partial charge in [-0.05, 0) is 19.3 Å². The van der Waals surface area contributed by atoms with E-state index in [2.05, 4.69) is 29.5 Å². The van der Waals surface area contributed by atoms with Crippen molar-refractivity contribution in [3.63, 3.8) is 0 Å². The molecule has 0 aromatic heterocycles. The number of carbonyl (C=O) groups is 1. The van der Waals surface area contributed by atoms with E-state index in [1.807, 2.05) is 6.92 Å². The Balaban J connectivity index is 0. The predicted molar refractivity (Wildman–Crippen MR) is 102 cm³/mol. The summed E-state index contributed by atoms with van der Waals surface area (Å²) in [5, 5.41) is 5.88. The van der Waals surface area contributed by atoms with Gasteiger partial charge in [0.2, 0.25) is 5.91 Å². The van der Waals surface area contributed by atoms with Crippen LogP contribution in [0, 0.1) is 5.92 Å². The number of carbonyl (C=O) groups excluding carboxylic acids is 1. The van der Waals surface area contributed by atoms with Gasteiger partial charge in [-0.2, -0.15) is 13.2 Å². The van der Waals surface area contributed by atoms with Gasteiger partial charge in [0.25, 0.3) is 0 Å². The summed E-state index contributed by atoms with van der Waals surface area (Å²) in [6, 6.07) is 0.169. The first kappa shape index (κ1) is 25.5. The lowest BCUT2D eigenvalue weighted by Crippen LogP contribution is -2.47. The highest BCUT2D eigenvalue weighted by Gasteiger charge is 2.31. The van der Waals surface area contributed by atoms with Gasteiger partial charge in [0.15, 0.2) is 5.96 Å². The molecule has 2 N–H and O–H groups in total. The van der Waals surface area contributed by atoms with E-state index in [9.17, 15) is 18.0 Å². The van der Waals surface area contributed by atoms with E-state index >= 15 is 0 Å². The van der Waals surface area contributed by atoms with Crippen LogP contribution >= 0.6 is 24.0 Å². The highest BCUT2D eigenvalue weighted by atomic mass is 127. The lowest BCUT2D eigenvalue weighted by atomic mass is 10.0. The maximum absolute atomic E-state index is 12.2. The molecule has 0 saturated heterocycles. The standard InChI is InChI=1S/C15H29F3N4O.HI/c1-11(2)7-6-8-12(3)21-14(19-4)20-9-13(23)22(5)10-15(16,17)18;/h11-12H,6-10H2,1-5H3,(H2,19,20,21);1H. The number of alkyl halides is 3. The van der Waals surface area contributed by atoms with Gasteiger partial charge in [0.05, 0.1) is 6.54 Å². The van der Waals surface area contributed by atoms with E-state index < -0.39 is 18.6 Å². The maximum Gasteiger partial charge on any atom is 0.406 e. The molecule has 1 unspecified atom stereocenters. The first-order valence-electron chi connectivity index (χ1n) is 7.83. The van der Waals surface area contributed by atoms with Gasteiger partial charge in [-0.15, -0.1) is 24.0 Å². The zero-order chi connectivity index (χ0) is 18.0. The van der Waals surface area contributed by atoms with Crippen LogP contribution in [0.3, 0.4) is 0 Å². The van der Waals surface area contributed by atoms with Crippen LogP contribution in [-0.4, -0.2) is 56.2 Å². The first-order chi connectivity index (χ1) is 10.5. The van der Waals surface area contributed by atoms with Crippen molar-refractivity contribution in [3.8, 4) is 0 Å². The van der Waals surface area contributed by atoms with Crippen molar-refractivity contribution >= 4 is 35.8 Å². The molecule has 5 nitrogen and oxygen atoms in total. The van der Waals surface area contributed by atoms with Gasteiger partial charge in [-0.3, -0.25) is 9.79 Å². The topological polar surface area (TPSA) is 56.7 Å². The number of rotatable bonds is 8. The summed E-state index contributed by atoms with van der Waals surface area (Å²) in [5.41, 5.74) is 0. The Bertz CT molecular complexity index is 389. The van der Waals surface area contributed by atoms with Gasteiger partial charge in [-0.1, -0.05) is 26.7 Å². The summed E-state index contributed by atoms with van der Waals surface area (Å²) in [7, 11) is 2.68. The molecule has 0 heterocycles. The molecule has 0 bridgehead atoms. The number of amides is 1. The summed E-state index contributed by atoms with van der Waals surface area (Å²) in [6.45, 7) is 4.85. The zero-order valence-corrected chi connectivity index (χ0v) is 17.4. The van der Waals surface area contributed by atoms with Crippen molar-refractivity contribution < 1.29 is 18.0 Å². The smallest absolute Gasteiger partial charge is 0.354 e. The van der Waals surface area contributed by atoms with E-state index in [1.165, 1.54) is 0 Å². The van der Waals surface area contributed by atoms with Gasteiger partial charge in [0.1, 0.15) is 6.54 Å². The summed E-state index contributed by atoms with van der Waals surface area (Å²) in [4.78, 5) is 16.3. The number of nitrogens with zero attached hydrogens (tertiary/aromatic N) is 2. The van der Waals surface area contributed by atoms with Crippen molar-refractivity contribution in [2.45, 2.75) is 52.3 Å². The Morgan fingerprint density at radius 2 is 1.79 bits per heavy atom. The van der Waals surface area contributed by atoms with Crippen LogP contribution in [0.5, 0.6) is 0 Å². The van der Waals surface area contributed by atoms with Gasteiger partial charge in [-0.25, -0.2) is 0 Å². The number of guanidine groups is 1. The number of halogens is 4. The number of hydrogen-bond donors (Lipinski definition) is 2. The highest BCUT2D eigenvalue weighted by molar-refractivity contribution is 14.0. The molecular formula is C15H30F3IN4O. The molecular weight excluding hydrogens is 436 g/mol. The molecule has 0 aromatic rings.